The van der Waals surface area contributed by atoms with Crippen LogP contribution in [0.5, 0.6) is 0 Å². The molecule has 0 radical (unpaired) electrons. The first-order valence-electron chi connectivity index (χ1n) is 12.5. The van der Waals surface area contributed by atoms with Gasteiger partial charge in [-0.15, -0.1) is 0 Å². The fourth-order valence-electron chi connectivity index (χ4n) is 5.44. The molecule has 2 aromatic rings. The number of hydrogen-bond acceptors (Lipinski definition) is 7. The molecule has 0 aliphatic carbocycles. The number of rotatable bonds is 7. The normalized spacial score (nSPS) is 25.2. The molecule has 0 spiro atoms. The molecule has 1 unspecified atom stereocenters. The monoisotopic (exact) mass is 517 g/mol. The maximum absolute atomic E-state index is 9.88. The lowest BCUT2D eigenvalue weighted by Gasteiger charge is -2.43. The SMILES string of the molecule is CN(C#N)/C=C(\C#N)C1O[C@H](CO[Si](c2ccccc2)(c2ccccc2)C(C)(C)C)[C@H]2OC(C)(C)O[C@@H]12. The molecule has 2 fully saturated rings. The Kier molecular flexibility index (Phi) is 7.61. The second kappa shape index (κ2) is 10.4. The smallest absolute Gasteiger partial charge is 0.261 e. The lowest BCUT2D eigenvalue weighted by Crippen LogP contribution is -2.67. The summed E-state index contributed by atoms with van der Waals surface area (Å²) >= 11 is 0. The fourth-order valence-corrected chi connectivity index (χ4v) is 10.0. The van der Waals surface area contributed by atoms with Crippen molar-refractivity contribution in [2.45, 2.75) is 69.9 Å². The largest absolute Gasteiger partial charge is 0.405 e. The Balaban J connectivity index is 1.72. The maximum atomic E-state index is 9.88. The van der Waals surface area contributed by atoms with Crippen LogP contribution in [0.2, 0.25) is 5.04 Å². The summed E-state index contributed by atoms with van der Waals surface area (Å²) in [5.74, 6) is -0.825. The van der Waals surface area contributed by atoms with Crippen molar-refractivity contribution in [1.29, 1.82) is 10.5 Å². The van der Waals surface area contributed by atoms with E-state index in [-0.39, 0.29) is 11.6 Å². The zero-order valence-electron chi connectivity index (χ0n) is 22.3. The molecule has 0 aromatic heterocycles. The molecule has 2 aromatic carbocycles. The van der Waals surface area contributed by atoms with Crippen LogP contribution >= 0.6 is 0 Å². The Morgan fingerprint density at radius 1 is 1.00 bits per heavy atom. The summed E-state index contributed by atoms with van der Waals surface area (Å²) < 4.78 is 26.0. The van der Waals surface area contributed by atoms with Crippen molar-refractivity contribution >= 4 is 18.7 Å². The van der Waals surface area contributed by atoms with E-state index >= 15 is 0 Å². The Morgan fingerprint density at radius 2 is 1.54 bits per heavy atom. The molecular weight excluding hydrogens is 482 g/mol. The van der Waals surface area contributed by atoms with Crippen LogP contribution in [0, 0.1) is 22.8 Å². The molecule has 37 heavy (non-hydrogen) atoms. The van der Waals surface area contributed by atoms with Gasteiger partial charge in [-0.05, 0) is 29.3 Å². The third kappa shape index (κ3) is 5.22. The van der Waals surface area contributed by atoms with E-state index in [0.29, 0.717) is 5.57 Å². The van der Waals surface area contributed by atoms with E-state index < -0.39 is 38.5 Å². The molecule has 0 amide bonds. The molecule has 2 aliphatic rings. The van der Waals surface area contributed by atoms with Gasteiger partial charge in [-0.1, -0.05) is 81.4 Å². The summed E-state index contributed by atoms with van der Waals surface area (Å²) in [6, 6.07) is 23.1. The Morgan fingerprint density at radius 3 is 2.03 bits per heavy atom. The number of hydrogen-bond donors (Lipinski definition) is 0. The van der Waals surface area contributed by atoms with Gasteiger partial charge in [0.25, 0.3) is 8.32 Å². The van der Waals surface area contributed by atoms with Gasteiger partial charge in [-0.3, -0.25) is 4.90 Å². The Hall–Kier alpha value is -2.98. The molecule has 0 saturated carbocycles. The molecule has 7 nitrogen and oxygen atoms in total. The predicted octanol–water partition coefficient (Wildman–Crippen LogP) is 3.67. The summed E-state index contributed by atoms with van der Waals surface area (Å²) in [6.45, 7) is 10.7. The van der Waals surface area contributed by atoms with E-state index in [1.807, 2.05) is 32.2 Å². The quantitative estimate of drug-likeness (QED) is 0.240. The standard InChI is InChI=1S/C29H35N3O4Si/c1-28(2,3)37(22-13-9-7-10-14-22,23-15-11-8-12-16-23)33-19-24-26-27(36-29(4,5)35-26)25(34-24)21(17-30)18-32(6)20-31/h7-16,18,24-27H,19H2,1-6H3/b21-18+/t24-,25?,26-,27+/m1/s1. The molecule has 2 heterocycles. The first-order valence-corrected chi connectivity index (χ1v) is 14.4. The van der Waals surface area contributed by atoms with E-state index in [4.69, 9.17) is 18.6 Å². The topological polar surface area (TPSA) is 87.7 Å². The molecule has 8 heteroatoms. The second-order valence-corrected chi connectivity index (χ2v) is 15.3. The maximum Gasteiger partial charge on any atom is 0.261 e. The zero-order chi connectivity index (χ0) is 26.8. The highest BCUT2D eigenvalue weighted by Gasteiger charge is 2.58. The van der Waals surface area contributed by atoms with Crippen molar-refractivity contribution in [3.8, 4) is 12.3 Å². The van der Waals surface area contributed by atoms with Crippen molar-refractivity contribution in [1.82, 2.24) is 4.90 Å². The van der Waals surface area contributed by atoms with E-state index in [2.05, 4.69) is 75.4 Å². The summed E-state index contributed by atoms with van der Waals surface area (Å²) in [5.41, 5.74) is 0.313. The molecule has 4 rings (SSSR count). The molecule has 2 saturated heterocycles. The summed E-state index contributed by atoms with van der Waals surface area (Å²) in [4.78, 5) is 1.28. The van der Waals surface area contributed by atoms with Gasteiger partial charge in [0.1, 0.15) is 24.4 Å². The van der Waals surface area contributed by atoms with Gasteiger partial charge in [0.2, 0.25) is 0 Å². The fraction of sp³-hybridized carbons (Fsp3) is 0.448. The molecule has 194 valence electrons. The minimum absolute atomic E-state index is 0.188. The van der Waals surface area contributed by atoms with Crippen molar-refractivity contribution in [3.05, 3.63) is 72.4 Å². The first kappa shape index (κ1) is 27.1. The number of nitrogens with zero attached hydrogens (tertiary/aromatic N) is 3. The van der Waals surface area contributed by atoms with Crippen molar-refractivity contribution in [3.63, 3.8) is 0 Å². The van der Waals surface area contributed by atoms with Crippen LogP contribution in [0.25, 0.3) is 0 Å². The summed E-state index contributed by atoms with van der Waals surface area (Å²) in [5, 5.41) is 21.3. The lowest BCUT2D eigenvalue weighted by atomic mass is 10.0. The van der Waals surface area contributed by atoms with Crippen LogP contribution in [0.4, 0.5) is 0 Å². The third-order valence-corrected chi connectivity index (χ3v) is 12.0. The summed E-state index contributed by atoms with van der Waals surface area (Å²) in [7, 11) is -1.21. The Labute approximate surface area is 220 Å². The van der Waals surface area contributed by atoms with Crippen LogP contribution in [0.3, 0.4) is 0 Å². The average molecular weight is 518 g/mol. The minimum atomic E-state index is -2.79. The number of ether oxygens (including phenoxy) is 3. The van der Waals surface area contributed by atoms with E-state index in [1.54, 1.807) is 7.05 Å². The van der Waals surface area contributed by atoms with Gasteiger partial charge in [-0.2, -0.15) is 10.5 Å². The molecule has 2 aliphatic heterocycles. The van der Waals surface area contributed by atoms with Crippen LogP contribution in [0.15, 0.2) is 72.4 Å². The molecule has 4 atom stereocenters. The van der Waals surface area contributed by atoms with Crippen LogP contribution < -0.4 is 10.4 Å². The van der Waals surface area contributed by atoms with Gasteiger partial charge < -0.3 is 18.6 Å². The average Bonchev–Trinajstić information content (AvgIpc) is 3.36. The zero-order valence-corrected chi connectivity index (χ0v) is 23.3. The van der Waals surface area contributed by atoms with Crippen LogP contribution in [-0.2, 0) is 18.6 Å². The first-order chi connectivity index (χ1) is 17.5. The van der Waals surface area contributed by atoms with Gasteiger partial charge >= 0.3 is 0 Å². The highest BCUT2D eigenvalue weighted by molar-refractivity contribution is 6.99. The summed E-state index contributed by atoms with van der Waals surface area (Å²) in [6.07, 6.45) is 1.46. The van der Waals surface area contributed by atoms with Crippen molar-refractivity contribution in [2.24, 2.45) is 0 Å². The lowest BCUT2D eigenvalue weighted by molar-refractivity contribution is -0.185. The number of fused-ring (bicyclic) bond motifs is 1. The molecule has 0 N–H and O–H groups in total. The van der Waals surface area contributed by atoms with E-state index in [1.165, 1.54) is 21.5 Å². The number of nitriles is 2. The predicted molar refractivity (Wildman–Crippen MR) is 143 cm³/mol. The van der Waals surface area contributed by atoms with Gasteiger partial charge in [-0.25, -0.2) is 0 Å². The van der Waals surface area contributed by atoms with Crippen molar-refractivity contribution < 1.29 is 18.6 Å². The van der Waals surface area contributed by atoms with E-state index in [0.717, 1.165) is 0 Å². The minimum Gasteiger partial charge on any atom is -0.405 e. The highest BCUT2D eigenvalue weighted by atomic mass is 28.4. The van der Waals surface area contributed by atoms with Crippen LogP contribution in [-0.4, -0.2) is 57.1 Å². The molecule has 0 bridgehead atoms. The second-order valence-electron chi connectivity index (χ2n) is 11.0. The molecular formula is C29H35N3O4Si. The van der Waals surface area contributed by atoms with Gasteiger partial charge in [0.05, 0.1) is 18.2 Å². The highest BCUT2D eigenvalue weighted by Crippen LogP contribution is 2.42. The van der Waals surface area contributed by atoms with Crippen LogP contribution in [0.1, 0.15) is 34.6 Å². The Bertz CT molecular complexity index is 1160. The van der Waals surface area contributed by atoms with Crippen molar-refractivity contribution in [2.75, 3.05) is 13.7 Å². The number of benzene rings is 2. The third-order valence-electron chi connectivity index (χ3n) is 6.96. The van der Waals surface area contributed by atoms with Gasteiger partial charge in [0.15, 0.2) is 12.0 Å². The van der Waals surface area contributed by atoms with E-state index in [9.17, 15) is 10.5 Å². The van der Waals surface area contributed by atoms with Gasteiger partial charge in [0, 0.05) is 13.2 Å².